The van der Waals surface area contributed by atoms with Crippen LogP contribution in [0.4, 0.5) is 0 Å². The maximum Gasteiger partial charge on any atom is 0.167 e. The lowest BCUT2D eigenvalue weighted by Crippen LogP contribution is -1.92. The first-order valence-corrected chi connectivity index (χ1v) is 5.16. The molecule has 0 amide bonds. The maximum atomic E-state index is 5.14. The van der Waals surface area contributed by atoms with Crippen LogP contribution in [0.2, 0.25) is 0 Å². The number of fused-ring (bicyclic) bond motifs is 1. The molecular weight excluding hydrogens is 174 g/mol. The molecule has 0 aliphatic heterocycles. The Morgan fingerprint density at radius 1 is 1.43 bits per heavy atom. The second-order valence-electron chi connectivity index (χ2n) is 3.77. The summed E-state index contributed by atoms with van der Waals surface area (Å²) < 4.78 is 5.14. The zero-order chi connectivity index (χ0) is 9.97. The predicted octanol–water partition coefficient (Wildman–Crippen LogP) is 3.73. The summed E-state index contributed by atoms with van der Waals surface area (Å²) in [5, 5.41) is 4.99. The Kier molecular flexibility index (Phi) is 2.53. The zero-order valence-electron chi connectivity index (χ0n) is 8.66. The van der Waals surface area contributed by atoms with Gasteiger partial charge in [-0.2, -0.15) is 0 Å². The van der Waals surface area contributed by atoms with Gasteiger partial charge in [-0.25, -0.2) is 0 Å². The Labute approximate surface area is 83.9 Å². The third-order valence-corrected chi connectivity index (χ3v) is 2.69. The molecule has 2 heteroatoms. The van der Waals surface area contributed by atoms with Crippen molar-refractivity contribution in [2.24, 2.45) is 0 Å². The quantitative estimate of drug-likeness (QED) is 0.735. The summed E-state index contributed by atoms with van der Waals surface area (Å²) in [6, 6.07) is 6.17. The average Bonchev–Trinajstić information content (AvgIpc) is 2.65. The molecule has 1 atom stereocenters. The molecule has 74 valence electrons. The molecule has 1 aromatic heterocycles. The van der Waals surface area contributed by atoms with Crippen molar-refractivity contribution >= 4 is 11.0 Å². The van der Waals surface area contributed by atoms with Crippen LogP contribution < -0.4 is 0 Å². The smallest absolute Gasteiger partial charge is 0.167 e. The summed E-state index contributed by atoms with van der Waals surface area (Å²) >= 11 is 0. The van der Waals surface area contributed by atoms with Crippen molar-refractivity contribution in [1.82, 2.24) is 5.16 Å². The van der Waals surface area contributed by atoms with E-state index in [0.29, 0.717) is 5.92 Å². The molecule has 0 saturated heterocycles. The van der Waals surface area contributed by atoms with E-state index >= 15 is 0 Å². The number of hydrogen-bond acceptors (Lipinski definition) is 2. The molecule has 1 unspecified atom stereocenters. The van der Waals surface area contributed by atoms with Gasteiger partial charge < -0.3 is 4.52 Å². The molecule has 2 nitrogen and oxygen atoms in total. The molecule has 0 radical (unpaired) electrons. The molecule has 0 spiro atoms. The van der Waals surface area contributed by atoms with E-state index in [1.54, 1.807) is 0 Å². The number of nitrogens with zero attached hydrogens (tertiary/aromatic N) is 1. The Balaban J connectivity index is 2.45. The summed E-state index contributed by atoms with van der Waals surface area (Å²) in [5.41, 5.74) is 2.25. The molecule has 0 saturated carbocycles. The molecule has 0 bridgehead atoms. The van der Waals surface area contributed by atoms with Crippen LogP contribution in [0.5, 0.6) is 0 Å². The predicted molar refractivity (Wildman–Crippen MR) is 57.3 cm³/mol. The molecule has 0 aliphatic carbocycles. The Morgan fingerprint density at radius 3 is 3.07 bits per heavy atom. The van der Waals surface area contributed by atoms with E-state index in [2.05, 4.69) is 25.1 Å². The third kappa shape index (κ3) is 1.52. The van der Waals surface area contributed by atoms with Gasteiger partial charge >= 0.3 is 0 Å². The van der Waals surface area contributed by atoms with Gasteiger partial charge in [0.1, 0.15) is 0 Å². The van der Waals surface area contributed by atoms with E-state index in [1.807, 2.05) is 18.3 Å². The van der Waals surface area contributed by atoms with Gasteiger partial charge in [-0.15, -0.1) is 0 Å². The lowest BCUT2D eigenvalue weighted by molar-refractivity contribution is 0.456. The van der Waals surface area contributed by atoms with Crippen molar-refractivity contribution in [2.75, 3.05) is 0 Å². The zero-order valence-corrected chi connectivity index (χ0v) is 8.66. The fourth-order valence-corrected chi connectivity index (χ4v) is 1.93. The average molecular weight is 189 g/mol. The van der Waals surface area contributed by atoms with Crippen LogP contribution in [0.25, 0.3) is 11.0 Å². The molecule has 1 heterocycles. The Bertz CT molecular complexity index is 419. The van der Waals surface area contributed by atoms with Crippen LogP contribution in [0.3, 0.4) is 0 Å². The van der Waals surface area contributed by atoms with Crippen molar-refractivity contribution < 1.29 is 4.52 Å². The molecule has 1 aromatic carbocycles. The first-order chi connectivity index (χ1) is 6.83. The monoisotopic (exact) mass is 189 g/mol. The molecule has 0 N–H and O–H groups in total. The van der Waals surface area contributed by atoms with E-state index in [1.165, 1.54) is 18.4 Å². The molecule has 0 aliphatic rings. The lowest BCUT2D eigenvalue weighted by atomic mass is 9.94. The van der Waals surface area contributed by atoms with E-state index in [9.17, 15) is 0 Å². The van der Waals surface area contributed by atoms with E-state index in [4.69, 9.17) is 4.52 Å². The molecule has 14 heavy (non-hydrogen) atoms. The summed E-state index contributed by atoms with van der Waals surface area (Å²) in [6.45, 7) is 4.47. The van der Waals surface area contributed by atoms with E-state index in [-0.39, 0.29) is 0 Å². The highest BCUT2D eigenvalue weighted by Crippen LogP contribution is 2.27. The largest absolute Gasteiger partial charge is 0.356 e. The first kappa shape index (κ1) is 9.25. The van der Waals surface area contributed by atoms with E-state index in [0.717, 1.165) is 11.0 Å². The SMILES string of the molecule is CCCC(C)c1cccc2oncc12. The van der Waals surface area contributed by atoms with Gasteiger partial charge in [0.15, 0.2) is 5.58 Å². The fourth-order valence-electron chi connectivity index (χ4n) is 1.93. The van der Waals surface area contributed by atoms with Crippen molar-refractivity contribution in [2.45, 2.75) is 32.6 Å². The number of benzene rings is 1. The van der Waals surface area contributed by atoms with Crippen molar-refractivity contribution in [3.8, 4) is 0 Å². The minimum absolute atomic E-state index is 0.586. The van der Waals surface area contributed by atoms with Gasteiger partial charge in [-0.1, -0.05) is 37.6 Å². The maximum absolute atomic E-state index is 5.14. The van der Waals surface area contributed by atoms with Crippen LogP contribution in [0, 0.1) is 0 Å². The van der Waals surface area contributed by atoms with Gasteiger partial charge in [-0.3, -0.25) is 0 Å². The second kappa shape index (κ2) is 3.82. The molecule has 0 fully saturated rings. The second-order valence-corrected chi connectivity index (χ2v) is 3.77. The molecule has 2 aromatic rings. The van der Waals surface area contributed by atoms with E-state index < -0.39 is 0 Å². The number of rotatable bonds is 3. The van der Waals surface area contributed by atoms with Gasteiger partial charge in [-0.05, 0) is 24.0 Å². The summed E-state index contributed by atoms with van der Waals surface area (Å²) in [6.07, 6.45) is 4.24. The normalized spacial score (nSPS) is 13.3. The third-order valence-electron chi connectivity index (χ3n) is 2.69. The molecule has 2 rings (SSSR count). The van der Waals surface area contributed by atoms with Crippen LogP contribution in [-0.2, 0) is 0 Å². The van der Waals surface area contributed by atoms with Crippen LogP contribution in [0.1, 0.15) is 38.2 Å². The van der Waals surface area contributed by atoms with Crippen LogP contribution in [0.15, 0.2) is 28.9 Å². The highest BCUT2D eigenvalue weighted by molar-refractivity contribution is 5.80. The van der Waals surface area contributed by atoms with Gasteiger partial charge in [0.2, 0.25) is 0 Å². The summed E-state index contributed by atoms with van der Waals surface area (Å²) in [4.78, 5) is 0. The van der Waals surface area contributed by atoms with Crippen LogP contribution in [-0.4, -0.2) is 5.16 Å². The van der Waals surface area contributed by atoms with Crippen LogP contribution >= 0.6 is 0 Å². The van der Waals surface area contributed by atoms with Crippen molar-refractivity contribution in [3.63, 3.8) is 0 Å². The lowest BCUT2D eigenvalue weighted by Gasteiger charge is -2.10. The standard InChI is InChI=1S/C12H15NO/c1-3-5-9(2)10-6-4-7-12-11(10)8-13-14-12/h4,6-9H,3,5H2,1-2H3. The highest BCUT2D eigenvalue weighted by Gasteiger charge is 2.10. The number of hydrogen-bond donors (Lipinski definition) is 0. The minimum Gasteiger partial charge on any atom is -0.356 e. The number of aromatic nitrogens is 1. The highest BCUT2D eigenvalue weighted by atomic mass is 16.5. The summed E-state index contributed by atoms with van der Waals surface area (Å²) in [7, 11) is 0. The minimum atomic E-state index is 0.586. The summed E-state index contributed by atoms with van der Waals surface area (Å²) in [5.74, 6) is 0.586. The van der Waals surface area contributed by atoms with Gasteiger partial charge in [0.05, 0.1) is 6.20 Å². The Hall–Kier alpha value is -1.31. The van der Waals surface area contributed by atoms with Crippen molar-refractivity contribution in [3.05, 3.63) is 30.0 Å². The van der Waals surface area contributed by atoms with Gasteiger partial charge in [0, 0.05) is 5.39 Å². The Morgan fingerprint density at radius 2 is 2.29 bits per heavy atom. The van der Waals surface area contributed by atoms with Gasteiger partial charge in [0.25, 0.3) is 0 Å². The topological polar surface area (TPSA) is 26.0 Å². The van der Waals surface area contributed by atoms with Crippen molar-refractivity contribution in [1.29, 1.82) is 0 Å². The fraction of sp³-hybridized carbons (Fsp3) is 0.417. The first-order valence-electron chi connectivity index (χ1n) is 5.16. The molecular formula is C12H15NO.